The van der Waals surface area contributed by atoms with Crippen molar-refractivity contribution < 1.29 is 19.4 Å². The Bertz CT molecular complexity index is 621. The molecule has 1 amide bonds. The summed E-state index contributed by atoms with van der Waals surface area (Å²) in [4.78, 5) is 25.9. The highest BCUT2D eigenvalue weighted by Crippen LogP contribution is 2.14. The van der Waals surface area contributed by atoms with Gasteiger partial charge in [0.05, 0.1) is 6.10 Å². The highest BCUT2D eigenvalue weighted by Gasteiger charge is 2.15. The lowest BCUT2D eigenvalue weighted by Gasteiger charge is -2.17. The van der Waals surface area contributed by atoms with Crippen molar-refractivity contribution in [3.05, 3.63) is 12.2 Å². The molecule has 0 aliphatic carbocycles. The summed E-state index contributed by atoms with van der Waals surface area (Å²) in [6, 6.07) is 0. The molecule has 0 fully saturated rings. The second kappa shape index (κ2) is 32.6. The van der Waals surface area contributed by atoms with Crippen LogP contribution >= 0.6 is 0 Å². The Labute approximate surface area is 261 Å². The number of carbonyl (C=O) groups excluding carboxylic acids is 2. The van der Waals surface area contributed by atoms with Crippen LogP contribution in [-0.4, -0.2) is 48.2 Å². The van der Waals surface area contributed by atoms with Gasteiger partial charge in [-0.25, -0.2) is 0 Å². The van der Waals surface area contributed by atoms with Gasteiger partial charge in [-0.2, -0.15) is 0 Å². The zero-order valence-corrected chi connectivity index (χ0v) is 28.4. The van der Waals surface area contributed by atoms with E-state index in [1.165, 1.54) is 127 Å². The van der Waals surface area contributed by atoms with Crippen LogP contribution in [0, 0.1) is 0 Å². The fourth-order valence-corrected chi connectivity index (χ4v) is 5.36. The third-order valence-electron chi connectivity index (χ3n) is 8.27. The monoisotopic (exact) mass is 594 g/mol. The minimum atomic E-state index is -0.617. The Morgan fingerprint density at radius 3 is 1.50 bits per heavy atom. The van der Waals surface area contributed by atoms with E-state index in [0.717, 1.165) is 38.5 Å². The summed E-state index contributed by atoms with van der Waals surface area (Å²) >= 11 is 0. The number of nitrogens with zero attached hydrogens (tertiary/aromatic N) is 1. The number of ether oxygens (including phenoxy) is 1. The van der Waals surface area contributed by atoms with Crippen LogP contribution < -0.4 is 0 Å². The third kappa shape index (κ3) is 30.1. The first-order valence-corrected chi connectivity index (χ1v) is 18.2. The van der Waals surface area contributed by atoms with Crippen molar-refractivity contribution in [2.45, 2.75) is 193 Å². The molecule has 248 valence electrons. The van der Waals surface area contributed by atoms with Gasteiger partial charge in [0.15, 0.2) is 0 Å². The number of unbranched alkanes of at least 4 members (excludes halogenated alkanes) is 22. The number of hydrogen-bond donors (Lipinski definition) is 1. The van der Waals surface area contributed by atoms with Crippen molar-refractivity contribution in [3.63, 3.8) is 0 Å². The summed E-state index contributed by atoms with van der Waals surface area (Å²) in [5.74, 6) is -0.453. The maximum absolute atomic E-state index is 12.3. The number of likely N-dealkylation sites (N-methyl/N-ethyl adjacent to an activating group) is 1. The Balaban J connectivity index is 3.56. The minimum Gasteiger partial charge on any atom is -0.462 e. The number of aliphatic hydroxyl groups is 1. The number of rotatable bonds is 32. The summed E-state index contributed by atoms with van der Waals surface area (Å²) in [5, 5.41) is 10.1. The maximum Gasteiger partial charge on any atom is 0.325 e. The van der Waals surface area contributed by atoms with E-state index >= 15 is 0 Å². The number of allylic oxidation sites excluding steroid dienone is 2. The van der Waals surface area contributed by atoms with Gasteiger partial charge in [-0.05, 0) is 38.5 Å². The molecule has 0 saturated carbocycles. The zero-order valence-electron chi connectivity index (χ0n) is 28.4. The second-order valence-electron chi connectivity index (χ2n) is 12.6. The molecular weight excluding hydrogens is 522 g/mol. The van der Waals surface area contributed by atoms with Crippen molar-refractivity contribution in [1.29, 1.82) is 0 Å². The van der Waals surface area contributed by atoms with E-state index in [1.54, 1.807) is 7.05 Å². The van der Waals surface area contributed by atoms with E-state index in [1.807, 2.05) is 0 Å². The predicted octanol–water partition coefficient (Wildman–Crippen LogP) is 10.5. The first-order chi connectivity index (χ1) is 20.5. The number of aliphatic hydroxyl groups excluding tert-OH is 1. The standard InChI is InChI=1S/C37H71NO4/c1-4-6-8-10-12-14-16-18-19-20-22-24-26-28-30-32-36(40)38(3)33-37(41)42-34-35(39)31-29-27-25-23-21-17-15-13-11-9-7-5-2/h18-19,35,39H,4-17,20-34H2,1-3H3/b19-18-. The Morgan fingerprint density at radius 1 is 0.619 bits per heavy atom. The van der Waals surface area contributed by atoms with Crippen molar-refractivity contribution in [2.75, 3.05) is 20.2 Å². The molecule has 0 aliphatic rings. The molecule has 5 heteroatoms. The smallest absolute Gasteiger partial charge is 0.325 e. The Morgan fingerprint density at radius 2 is 1.02 bits per heavy atom. The van der Waals surface area contributed by atoms with Gasteiger partial charge >= 0.3 is 5.97 Å². The molecule has 5 nitrogen and oxygen atoms in total. The highest BCUT2D eigenvalue weighted by atomic mass is 16.5. The van der Waals surface area contributed by atoms with Crippen LogP contribution in [0.4, 0.5) is 0 Å². The normalized spacial score (nSPS) is 12.2. The van der Waals surface area contributed by atoms with Crippen LogP contribution in [-0.2, 0) is 14.3 Å². The fourth-order valence-electron chi connectivity index (χ4n) is 5.36. The lowest BCUT2D eigenvalue weighted by molar-refractivity contribution is -0.151. The lowest BCUT2D eigenvalue weighted by atomic mass is 10.0. The molecule has 0 aromatic heterocycles. The molecule has 0 aliphatic heterocycles. The molecule has 1 N–H and O–H groups in total. The van der Waals surface area contributed by atoms with Gasteiger partial charge in [0.1, 0.15) is 13.2 Å². The van der Waals surface area contributed by atoms with Crippen molar-refractivity contribution >= 4 is 11.9 Å². The molecule has 0 radical (unpaired) electrons. The molecule has 0 spiro atoms. The van der Waals surface area contributed by atoms with E-state index in [2.05, 4.69) is 26.0 Å². The summed E-state index contributed by atoms with van der Waals surface area (Å²) in [6.45, 7) is 4.50. The van der Waals surface area contributed by atoms with Gasteiger partial charge < -0.3 is 14.7 Å². The number of hydrogen-bond acceptors (Lipinski definition) is 4. The molecule has 0 aromatic carbocycles. The number of carbonyl (C=O) groups is 2. The topological polar surface area (TPSA) is 66.8 Å². The van der Waals surface area contributed by atoms with Crippen LogP contribution in [0.25, 0.3) is 0 Å². The van der Waals surface area contributed by atoms with E-state index in [-0.39, 0.29) is 19.1 Å². The molecule has 1 unspecified atom stereocenters. The lowest BCUT2D eigenvalue weighted by Crippen LogP contribution is -2.34. The third-order valence-corrected chi connectivity index (χ3v) is 8.27. The number of esters is 1. The molecule has 0 bridgehead atoms. The van der Waals surface area contributed by atoms with E-state index < -0.39 is 12.1 Å². The van der Waals surface area contributed by atoms with Gasteiger partial charge in [-0.1, -0.05) is 154 Å². The summed E-state index contributed by atoms with van der Waals surface area (Å²) < 4.78 is 5.22. The van der Waals surface area contributed by atoms with Gasteiger partial charge in [-0.15, -0.1) is 0 Å². The fraction of sp³-hybridized carbons (Fsp3) is 0.892. The molecule has 0 rings (SSSR count). The van der Waals surface area contributed by atoms with Crippen LogP contribution in [0.5, 0.6) is 0 Å². The predicted molar refractivity (Wildman–Crippen MR) is 180 cm³/mol. The second-order valence-corrected chi connectivity index (χ2v) is 12.6. The van der Waals surface area contributed by atoms with Gasteiger partial charge in [-0.3, -0.25) is 9.59 Å². The van der Waals surface area contributed by atoms with Crippen LogP contribution in [0.15, 0.2) is 12.2 Å². The highest BCUT2D eigenvalue weighted by molar-refractivity contribution is 5.81. The summed E-state index contributed by atoms with van der Waals surface area (Å²) in [5.41, 5.74) is 0. The van der Waals surface area contributed by atoms with Crippen molar-refractivity contribution in [1.82, 2.24) is 4.90 Å². The molecule has 0 saturated heterocycles. The minimum absolute atomic E-state index is 0.0124. The average molecular weight is 594 g/mol. The van der Waals surface area contributed by atoms with Crippen LogP contribution in [0.3, 0.4) is 0 Å². The molecular formula is C37H71NO4. The van der Waals surface area contributed by atoms with Crippen LogP contribution in [0.2, 0.25) is 0 Å². The molecule has 0 heterocycles. The zero-order chi connectivity index (χ0) is 30.9. The van der Waals surface area contributed by atoms with Gasteiger partial charge in [0.25, 0.3) is 0 Å². The SMILES string of the molecule is CCCCCCCC/C=C\CCCCCCCC(=O)N(C)CC(=O)OCC(O)CCCCCCCCCCCCCC. The van der Waals surface area contributed by atoms with Gasteiger partial charge in [0, 0.05) is 13.5 Å². The van der Waals surface area contributed by atoms with E-state index in [0.29, 0.717) is 12.8 Å². The number of amides is 1. The largest absolute Gasteiger partial charge is 0.462 e. The first kappa shape index (κ1) is 40.6. The molecule has 0 aromatic rings. The Kier molecular flexibility index (Phi) is 31.5. The van der Waals surface area contributed by atoms with Crippen LogP contribution in [0.1, 0.15) is 187 Å². The van der Waals surface area contributed by atoms with E-state index in [9.17, 15) is 14.7 Å². The van der Waals surface area contributed by atoms with Gasteiger partial charge in [0.2, 0.25) is 5.91 Å². The van der Waals surface area contributed by atoms with Crippen molar-refractivity contribution in [3.8, 4) is 0 Å². The molecule has 1 atom stereocenters. The van der Waals surface area contributed by atoms with E-state index in [4.69, 9.17) is 4.74 Å². The first-order valence-electron chi connectivity index (χ1n) is 18.2. The maximum atomic E-state index is 12.3. The quantitative estimate of drug-likeness (QED) is 0.0478. The average Bonchev–Trinajstić information content (AvgIpc) is 2.98. The summed E-state index contributed by atoms with van der Waals surface area (Å²) in [6.07, 6.45) is 36.7. The van der Waals surface area contributed by atoms with Crippen molar-refractivity contribution in [2.24, 2.45) is 0 Å². The summed E-state index contributed by atoms with van der Waals surface area (Å²) in [7, 11) is 1.66. The molecule has 42 heavy (non-hydrogen) atoms. The Hall–Kier alpha value is -1.36.